The van der Waals surface area contributed by atoms with Crippen molar-refractivity contribution in [3.8, 4) is 5.75 Å². The van der Waals surface area contributed by atoms with Crippen LogP contribution >= 0.6 is 12.4 Å². The lowest BCUT2D eigenvalue weighted by molar-refractivity contribution is 0.306. The van der Waals surface area contributed by atoms with E-state index in [-0.39, 0.29) is 12.4 Å². The van der Waals surface area contributed by atoms with Gasteiger partial charge >= 0.3 is 0 Å². The Labute approximate surface area is 158 Å². The van der Waals surface area contributed by atoms with Gasteiger partial charge in [0.2, 0.25) is 0 Å². The van der Waals surface area contributed by atoms with E-state index in [1.165, 1.54) is 0 Å². The molecular weight excluding hydrogens is 346 g/mol. The van der Waals surface area contributed by atoms with Crippen LogP contribution in [0, 0.1) is 0 Å². The van der Waals surface area contributed by atoms with Crippen LogP contribution in [0.2, 0.25) is 0 Å². The molecule has 0 aliphatic heterocycles. The van der Waals surface area contributed by atoms with E-state index in [2.05, 4.69) is 27.4 Å². The molecule has 130 valence electrons. The van der Waals surface area contributed by atoms with Gasteiger partial charge in [-0.15, -0.1) is 12.4 Å². The molecule has 0 fully saturated rings. The van der Waals surface area contributed by atoms with E-state index in [1.807, 2.05) is 66.7 Å². The Morgan fingerprint density at radius 1 is 0.808 bits per heavy atom. The SMILES string of the molecule is Cl.c1ccc(COc2cccc(Nc3ncnc4ccccc34)c2)cc1. The van der Waals surface area contributed by atoms with E-state index in [0.29, 0.717) is 6.61 Å². The first-order valence-electron chi connectivity index (χ1n) is 8.12. The summed E-state index contributed by atoms with van der Waals surface area (Å²) >= 11 is 0. The van der Waals surface area contributed by atoms with Gasteiger partial charge in [0.1, 0.15) is 24.5 Å². The summed E-state index contributed by atoms with van der Waals surface area (Å²) < 4.78 is 5.89. The average Bonchev–Trinajstić information content (AvgIpc) is 2.68. The van der Waals surface area contributed by atoms with Crippen molar-refractivity contribution in [2.45, 2.75) is 6.61 Å². The van der Waals surface area contributed by atoms with Crippen LogP contribution < -0.4 is 10.1 Å². The van der Waals surface area contributed by atoms with Crippen LogP contribution in [0.25, 0.3) is 10.9 Å². The van der Waals surface area contributed by atoms with Crippen LogP contribution in [-0.2, 0) is 6.61 Å². The Morgan fingerprint density at radius 3 is 2.50 bits per heavy atom. The minimum absolute atomic E-state index is 0. The number of nitrogens with one attached hydrogen (secondary N) is 1. The second-order valence-electron chi connectivity index (χ2n) is 5.67. The number of rotatable bonds is 5. The number of ether oxygens (including phenoxy) is 1. The van der Waals surface area contributed by atoms with Crippen molar-refractivity contribution >= 4 is 34.8 Å². The molecule has 0 saturated carbocycles. The third-order valence-corrected chi connectivity index (χ3v) is 3.89. The Balaban J connectivity index is 0.00000196. The summed E-state index contributed by atoms with van der Waals surface area (Å²) in [6.07, 6.45) is 1.57. The Kier molecular flexibility index (Phi) is 5.66. The number of para-hydroxylation sites is 1. The van der Waals surface area contributed by atoms with Crippen LogP contribution in [-0.4, -0.2) is 9.97 Å². The highest BCUT2D eigenvalue weighted by molar-refractivity contribution is 5.90. The third kappa shape index (κ3) is 4.10. The number of benzene rings is 3. The molecule has 0 aliphatic carbocycles. The van der Waals surface area contributed by atoms with Crippen molar-refractivity contribution in [2.24, 2.45) is 0 Å². The van der Waals surface area contributed by atoms with Crippen LogP contribution in [0.1, 0.15) is 5.56 Å². The lowest BCUT2D eigenvalue weighted by atomic mass is 10.2. The average molecular weight is 364 g/mol. The van der Waals surface area contributed by atoms with E-state index >= 15 is 0 Å². The Bertz CT molecular complexity index is 987. The number of nitrogens with zero attached hydrogens (tertiary/aromatic N) is 2. The van der Waals surface area contributed by atoms with E-state index < -0.39 is 0 Å². The molecule has 0 radical (unpaired) electrons. The molecular formula is C21H18ClN3O. The van der Waals surface area contributed by atoms with Gasteiger partial charge in [-0.1, -0.05) is 48.5 Å². The molecule has 5 heteroatoms. The van der Waals surface area contributed by atoms with Gasteiger partial charge in [0.05, 0.1) is 5.52 Å². The van der Waals surface area contributed by atoms with Crippen LogP contribution in [0.5, 0.6) is 5.75 Å². The molecule has 0 unspecified atom stereocenters. The van der Waals surface area contributed by atoms with Crippen LogP contribution in [0.15, 0.2) is 85.2 Å². The summed E-state index contributed by atoms with van der Waals surface area (Å²) in [6.45, 7) is 0.542. The fourth-order valence-electron chi connectivity index (χ4n) is 2.65. The van der Waals surface area contributed by atoms with Gasteiger partial charge in [0.25, 0.3) is 0 Å². The predicted molar refractivity (Wildman–Crippen MR) is 107 cm³/mol. The summed E-state index contributed by atoms with van der Waals surface area (Å²) in [5.41, 5.74) is 2.98. The van der Waals surface area contributed by atoms with E-state index in [0.717, 1.165) is 33.7 Å². The van der Waals surface area contributed by atoms with Crippen molar-refractivity contribution in [1.82, 2.24) is 9.97 Å². The first-order valence-corrected chi connectivity index (χ1v) is 8.12. The highest BCUT2D eigenvalue weighted by Gasteiger charge is 2.04. The van der Waals surface area contributed by atoms with Gasteiger partial charge in [-0.25, -0.2) is 9.97 Å². The molecule has 0 saturated heterocycles. The second kappa shape index (κ2) is 8.32. The topological polar surface area (TPSA) is 47.0 Å². The summed E-state index contributed by atoms with van der Waals surface area (Å²) in [4.78, 5) is 8.65. The van der Waals surface area contributed by atoms with Crippen molar-refractivity contribution in [1.29, 1.82) is 0 Å². The predicted octanol–water partition coefficient (Wildman–Crippen LogP) is 5.37. The van der Waals surface area contributed by atoms with Crippen molar-refractivity contribution in [2.75, 3.05) is 5.32 Å². The van der Waals surface area contributed by atoms with Crippen molar-refractivity contribution < 1.29 is 4.74 Å². The molecule has 3 aromatic carbocycles. The standard InChI is InChI=1S/C21H17N3O.ClH/c1-2-7-16(8-3-1)14-25-18-10-6-9-17(13-18)24-21-19-11-4-5-12-20(19)22-15-23-21;/h1-13,15H,14H2,(H,22,23,24);1H. The van der Waals surface area contributed by atoms with Gasteiger partial charge in [0.15, 0.2) is 0 Å². The largest absolute Gasteiger partial charge is 0.489 e. The van der Waals surface area contributed by atoms with Gasteiger partial charge in [-0.05, 0) is 29.8 Å². The smallest absolute Gasteiger partial charge is 0.141 e. The first kappa shape index (κ1) is 17.7. The van der Waals surface area contributed by atoms with Gasteiger partial charge in [-0.3, -0.25) is 0 Å². The van der Waals surface area contributed by atoms with E-state index in [1.54, 1.807) is 6.33 Å². The van der Waals surface area contributed by atoms with Crippen LogP contribution in [0.3, 0.4) is 0 Å². The highest BCUT2D eigenvalue weighted by Crippen LogP contribution is 2.25. The van der Waals surface area contributed by atoms with Gasteiger partial charge in [0, 0.05) is 17.1 Å². The Hall–Kier alpha value is -3.11. The van der Waals surface area contributed by atoms with E-state index in [9.17, 15) is 0 Å². The van der Waals surface area contributed by atoms with Crippen molar-refractivity contribution in [3.63, 3.8) is 0 Å². The summed E-state index contributed by atoms with van der Waals surface area (Å²) in [6, 6.07) is 25.9. The molecule has 4 aromatic rings. The minimum Gasteiger partial charge on any atom is -0.489 e. The number of hydrogen-bond acceptors (Lipinski definition) is 4. The zero-order chi connectivity index (χ0) is 16.9. The monoisotopic (exact) mass is 363 g/mol. The van der Waals surface area contributed by atoms with Gasteiger partial charge in [-0.2, -0.15) is 0 Å². The quantitative estimate of drug-likeness (QED) is 0.517. The molecule has 4 rings (SSSR count). The van der Waals surface area contributed by atoms with Gasteiger partial charge < -0.3 is 10.1 Å². The molecule has 0 amide bonds. The number of hydrogen-bond donors (Lipinski definition) is 1. The minimum atomic E-state index is 0. The number of anilines is 2. The molecule has 0 atom stereocenters. The summed E-state index contributed by atoms with van der Waals surface area (Å²) in [5, 5.41) is 4.34. The zero-order valence-electron chi connectivity index (χ0n) is 14.0. The second-order valence-corrected chi connectivity index (χ2v) is 5.67. The maximum absolute atomic E-state index is 5.89. The maximum Gasteiger partial charge on any atom is 0.141 e. The zero-order valence-corrected chi connectivity index (χ0v) is 14.8. The molecule has 1 aromatic heterocycles. The molecule has 4 nitrogen and oxygen atoms in total. The van der Waals surface area contributed by atoms with E-state index in [4.69, 9.17) is 4.74 Å². The fraction of sp³-hybridized carbons (Fsp3) is 0.0476. The molecule has 26 heavy (non-hydrogen) atoms. The fourth-order valence-corrected chi connectivity index (χ4v) is 2.65. The first-order chi connectivity index (χ1) is 12.4. The highest BCUT2D eigenvalue weighted by atomic mass is 35.5. The molecule has 1 N–H and O–H groups in total. The molecule has 0 bridgehead atoms. The lowest BCUT2D eigenvalue weighted by Gasteiger charge is -2.11. The third-order valence-electron chi connectivity index (χ3n) is 3.89. The Morgan fingerprint density at radius 2 is 1.62 bits per heavy atom. The molecule has 0 spiro atoms. The number of halogens is 1. The summed E-state index contributed by atoms with van der Waals surface area (Å²) in [5.74, 6) is 1.60. The molecule has 1 heterocycles. The summed E-state index contributed by atoms with van der Waals surface area (Å²) in [7, 11) is 0. The normalized spacial score (nSPS) is 10.2. The maximum atomic E-state index is 5.89. The number of fused-ring (bicyclic) bond motifs is 1. The molecule has 0 aliphatic rings. The number of aromatic nitrogens is 2. The van der Waals surface area contributed by atoms with Crippen molar-refractivity contribution in [3.05, 3.63) is 90.8 Å². The lowest BCUT2D eigenvalue weighted by Crippen LogP contribution is -1.98. The van der Waals surface area contributed by atoms with Crippen LogP contribution in [0.4, 0.5) is 11.5 Å².